The fraction of sp³-hybridized carbons (Fsp3) is 0.176. The molecule has 0 radical (unpaired) electrons. The molecule has 2 aromatic rings. The van der Waals surface area contributed by atoms with Crippen molar-refractivity contribution in [3.8, 4) is 11.5 Å². The second-order valence-corrected chi connectivity index (χ2v) is 5.02. The Balaban J connectivity index is 1.83. The third kappa shape index (κ3) is 5.18. The molecule has 5 heteroatoms. The molecular formula is C17H16O4S. The summed E-state index contributed by atoms with van der Waals surface area (Å²) in [6, 6.07) is 14.5. The Kier molecular flexibility index (Phi) is 5.49. The summed E-state index contributed by atoms with van der Waals surface area (Å²) in [5, 5.41) is 0.0629. The van der Waals surface area contributed by atoms with Crippen LogP contribution in [-0.4, -0.2) is 11.2 Å². The Bertz CT molecular complexity index is 647. The second-order valence-electron chi connectivity index (χ2n) is 4.69. The number of esters is 1. The van der Waals surface area contributed by atoms with E-state index in [1.54, 1.807) is 24.3 Å². The number of rotatable bonds is 4. The number of benzene rings is 2. The summed E-state index contributed by atoms with van der Waals surface area (Å²) in [6.45, 7) is 3.64. The predicted molar refractivity (Wildman–Crippen MR) is 86.9 cm³/mol. The lowest BCUT2D eigenvalue weighted by molar-refractivity contribution is -0.131. The molecule has 0 unspecified atom stereocenters. The van der Waals surface area contributed by atoms with E-state index in [4.69, 9.17) is 26.4 Å². The molecule has 0 fully saturated rings. The lowest BCUT2D eigenvalue weighted by Crippen LogP contribution is -2.10. The van der Waals surface area contributed by atoms with Crippen LogP contribution < -0.4 is 9.47 Å². The predicted octanol–water partition coefficient (Wildman–Crippen LogP) is 3.80. The highest BCUT2D eigenvalue weighted by Gasteiger charge is 2.03. The molecule has 2 aromatic carbocycles. The number of hydrogen-bond acceptors (Lipinski definition) is 5. The van der Waals surface area contributed by atoms with Crippen molar-refractivity contribution in [1.82, 2.24) is 0 Å². The van der Waals surface area contributed by atoms with Gasteiger partial charge in [0.25, 0.3) is 0 Å². The summed E-state index contributed by atoms with van der Waals surface area (Å²) in [4.78, 5) is 10.8. The van der Waals surface area contributed by atoms with Gasteiger partial charge in [0.15, 0.2) is 0 Å². The van der Waals surface area contributed by atoms with Crippen LogP contribution in [0.15, 0.2) is 48.5 Å². The van der Waals surface area contributed by atoms with Crippen molar-refractivity contribution < 1.29 is 19.0 Å². The van der Waals surface area contributed by atoms with Gasteiger partial charge in [0.05, 0.1) is 0 Å². The number of carbonyl (C=O) groups excluding carboxylic acids is 1. The molecule has 0 aliphatic rings. The van der Waals surface area contributed by atoms with Gasteiger partial charge in [0, 0.05) is 19.1 Å². The average molecular weight is 316 g/mol. The minimum Gasteiger partial charge on any atom is -0.452 e. The first kappa shape index (κ1) is 16.0. The zero-order valence-electron chi connectivity index (χ0n) is 12.4. The van der Waals surface area contributed by atoms with Crippen LogP contribution in [0, 0.1) is 6.92 Å². The summed E-state index contributed by atoms with van der Waals surface area (Å²) in [5.74, 6) is 0.784. The first-order valence-electron chi connectivity index (χ1n) is 6.71. The maximum atomic E-state index is 10.8. The molecule has 0 amide bonds. The zero-order valence-corrected chi connectivity index (χ0v) is 13.2. The van der Waals surface area contributed by atoms with Gasteiger partial charge in [0.2, 0.25) is 0 Å². The number of carbonyl (C=O) groups is 1. The molecule has 0 heterocycles. The van der Waals surface area contributed by atoms with E-state index in [-0.39, 0.29) is 17.8 Å². The van der Waals surface area contributed by atoms with E-state index in [1.807, 2.05) is 31.2 Å². The standard InChI is InChI=1S/C17H16O4S/c1-12-3-7-16(8-4-12)21-17(22)19-11-14-5-9-15(10-6-14)20-13(2)18/h3-10H,11H2,1-2H3. The first-order chi connectivity index (χ1) is 10.5. The van der Waals surface area contributed by atoms with Gasteiger partial charge < -0.3 is 14.2 Å². The van der Waals surface area contributed by atoms with Crippen LogP contribution in [0.25, 0.3) is 0 Å². The highest BCUT2D eigenvalue weighted by Crippen LogP contribution is 2.15. The van der Waals surface area contributed by atoms with E-state index in [0.717, 1.165) is 11.1 Å². The van der Waals surface area contributed by atoms with Crippen molar-refractivity contribution >= 4 is 23.4 Å². The van der Waals surface area contributed by atoms with Crippen LogP contribution in [0.2, 0.25) is 0 Å². The van der Waals surface area contributed by atoms with Crippen LogP contribution in [0.5, 0.6) is 11.5 Å². The van der Waals surface area contributed by atoms with Crippen LogP contribution in [-0.2, 0) is 16.1 Å². The second kappa shape index (κ2) is 7.56. The van der Waals surface area contributed by atoms with Gasteiger partial charge in [-0.2, -0.15) is 0 Å². The third-order valence-corrected chi connectivity index (χ3v) is 2.96. The summed E-state index contributed by atoms with van der Waals surface area (Å²) in [5.41, 5.74) is 2.04. The Labute approximate surface area is 134 Å². The average Bonchev–Trinajstić information content (AvgIpc) is 2.48. The molecule has 0 aliphatic heterocycles. The van der Waals surface area contributed by atoms with E-state index in [2.05, 4.69) is 0 Å². The molecule has 0 atom stereocenters. The summed E-state index contributed by atoms with van der Waals surface area (Å²) in [6.07, 6.45) is 0. The van der Waals surface area contributed by atoms with Crippen LogP contribution >= 0.6 is 12.2 Å². The minimum absolute atomic E-state index is 0.0629. The molecule has 2 rings (SSSR count). The van der Waals surface area contributed by atoms with Gasteiger partial charge >= 0.3 is 11.2 Å². The Hall–Kier alpha value is -2.40. The molecule has 4 nitrogen and oxygen atoms in total. The van der Waals surface area contributed by atoms with Crippen molar-refractivity contribution in [1.29, 1.82) is 0 Å². The molecular weight excluding hydrogens is 300 g/mol. The lowest BCUT2D eigenvalue weighted by atomic mass is 10.2. The van der Waals surface area contributed by atoms with Gasteiger partial charge in [-0.05, 0) is 36.8 Å². The summed E-state index contributed by atoms with van der Waals surface area (Å²) < 4.78 is 15.7. The van der Waals surface area contributed by atoms with Crippen molar-refractivity contribution in [2.45, 2.75) is 20.5 Å². The molecule has 0 aromatic heterocycles. The number of aryl methyl sites for hydroxylation is 1. The fourth-order valence-corrected chi connectivity index (χ4v) is 1.85. The van der Waals surface area contributed by atoms with Crippen molar-refractivity contribution in [3.05, 3.63) is 59.7 Å². The summed E-state index contributed by atoms with van der Waals surface area (Å²) >= 11 is 5.04. The molecule has 0 aliphatic carbocycles. The normalized spacial score (nSPS) is 9.91. The molecule has 0 spiro atoms. The van der Waals surface area contributed by atoms with E-state index < -0.39 is 0 Å². The monoisotopic (exact) mass is 316 g/mol. The first-order valence-corrected chi connectivity index (χ1v) is 7.12. The molecule has 0 saturated heterocycles. The van der Waals surface area contributed by atoms with Gasteiger partial charge in [-0.25, -0.2) is 0 Å². The van der Waals surface area contributed by atoms with Gasteiger partial charge in [-0.1, -0.05) is 29.8 Å². The molecule has 0 N–H and O–H groups in total. The molecule has 0 saturated carbocycles. The Morgan fingerprint density at radius 1 is 0.955 bits per heavy atom. The SMILES string of the molecule is CC(=O)Oc1ccc(COC(=S)Oc2ccc(C)cc2)cc1. The largest absolute Gasteiger partial charge is 0.452 e. The van der Waals surface area contributed by atoms with Crippen molar-refractivity contribution in [2.24, 2.45) is 0 Å². The number of ether oxygens (including phenoxy) is 3. The molecule has 22 heavy (non-hydrogen) atoms. The fourth-order valence-electron chi connectivity index (χ4n) is 1.69. The lowest BCUT2D eigenvalue weighted by Gasteiger charge is -2.09. The highest BCUT2D eigenvalue weighted by molar-refractivity contribution is 7.79. The third-order valence-electron chi connectivity index (χ3n) is 2.76. The van der Waals surface area contributed by atoms with Crippen LogP contribution in [0.3, 0.4) is 0 Å². The quantitative estimate of drug-likeness (QED) is 0.488. The Morgan fingerprint density at radius 2 is 1.50 bits per heavy atom. The topological polar surface area (TPSA) is 44.8 Å². The van der Waals surface area contributed by atoms with Gasteiger partial charge in [0.1, 0.15) is 18.1 Å². The maximum Gasteiger partial charge on any atom is 0.358 e. The van der Waals surface area contributed by atoms with Crippen molar-refractivity contribution in [3.63, 3.8) is 0 Å². The van der Waals surface area contributed by atoms with Gasteiger partial charge in [-0.3, -0.25) is 4.79 Å². The minimum atomic E-state index is -0.350. The van der Waals surface area contributed by atoms with Crippen molar-refractivity contribution in [2.75, 3.05) is 0 Å². The van der Waals surface area contributed by atoms with Crippen LogP contribution in [0.1, 0.15) is 18.1 Å². The molecule has 114 valence electrons. The highest BCUT2D eigenvalue weighted by atomic mass is 32.1. The van der Waals surface area contributed by atoms with E-state index >= 15 is 0 Å². The van der Waals surface area contributed by atoms with E-state index in [1.165, 1.54) is 6.92 Å². The Morgan fingerprint density at radius 3 is 2.09 bits per heavy atom. The van der Waals surface area contributed by atoms with E-state index in [0.29, 0.717) is 11.5 Å². The number of thiocarbonyl (C=S) groups is 1. The molecule has 0 bridgehead atoms. The maximum absolute atomic E-state index is 10.8. The smallest absolute Gasteiger partial charge is 0.358 e. The number of hydrogen-bond donors (Lipinski definition) is 0. The van der Waals surface area contributed by atoms with Gasteiger partial charge in [-0.15, -0.1) is 0 Å². The van der Waals surface area contributed by atoms with E-state index in [9.17, 15) is 4.79 Å². The zero-order chi connectivity index (χ0) is 15.9. The van der Waals surface area contributed by atoms with Crippen LogP contribution in [0.4, 0.5) is 0 Å². The summed E-state index contributed by atoms with van der Waals surface area (Å²) in [7, 11) is 0.